The van der Waals surface area contributed by atoms with Crippen molar-refractivity contribution < 1.29 is 14.5 Å². The number of hydrogen-bond acceptors (Lipinski definition) is 6. The summed E-state index contributed by atoms with van der Waals surface area (Å²) in [4.78, 5) is 39.4. The maximum absolute atomic E-state index is 12.8. The fourth-order valence-electron chi connectivity index (χ4n) is 2.90. The lowest BCUT2D eigenvalue weighted by molar-refractivity contribution is -0.384. The van der Waals surface area contributed by atoms with Crippen LogP contribution in [0.15, 0.2) is 54.6 Å². The summed E-state index contributed by atoms with van der Waals surface area (Å²) in [6.07, 6.45) is -0.120. The third-order valence-electron chi connectivity index (χ3n) is 4.22. The summed E-state index contributed by atoms with van der Waals surface area (Å²) < 4.78 is 1.36. The summed E-state index contributed by atoms with van der Waals surface area (Å²) in [5.41, 5.74) is 0.860. The number of anilines is 2. The van der Waals surface area contributed by atoms with Crippen LogP contribution in [0.3, 0.4) is 0 Å². The molecule has 1 atom stereocenters. The molecule has 4 rings (SSSR count). The molecule has 1 aliphatic rings. The summed E-state index contributed by atoms with van der Waals surface area (Å²) in [5.74, 6) is -0.319. The van der Waals surface area contributed by atoms with Crippen LogP contribution in [0.5, 0.6) is 0 Å². The second kappa shape index (κ2) is 6.91. The second-order valence-corrected chi connectivity index (χ2v) is 6.13. The van der Waals surface area contributed by atoms with E-state index in [1.807, 2.05) is 30.3 Å². The molecule has 1 unspecified atom stereocenters. The molecule has 2 heterocycles. The Bertz CT molecular complexity index is 1080. The SMILES string of the molecule is O=C1CC(C(=O)Nc2cccc([N+](=O)[O-])c2)n2nc(-c3ccccc3)nc2N1. The van der Waals surface area contributed by atoms with E-state index in [0.29, 0.717) is 5.82 Å². The van der Waals surface area contributed by atoms with Crippen LogP contribution in [0.25, 0.3) is 11.4 Å². The highest BCUT2D eigenvalue weighted by molar-refractivity contribution is 6.01. The number of nitrogens with zero attached hydrogens (tertiary/aromatic N) is 4. The number of rotatable bonds is 4. The van der Waals surface area contributed by atoms with Crippen LogP contribution in [-0.4, -0.2) is 31.5 Å². The molecule has 28 heavy (non-hydrogen) atoms. The van der Waals surface area contributed by atoms with Crippen molar-refractivity contribution >= 4 is 29.1 Å². The Morgan fingerprint density at radius 2 is 2.00 bits per heavy atom. The molecule has 2 N–H and O–H groups in total. The highest BCUT2D eigenvalue weighted by atomic mass is 16.6. The third-order valence-corrected chi connectivity index (χ3v) is 4.22. The van der Waals surface area contributed by atoms with Crippen molar-refractivity contribution in [3.63, 3.8) is 0 Å². The topological polar surface area (TPSA) is 132 Å². The Labute approximate surface area is 158 Å². The van der Waals surface area contributed by atoms with E-state index in [1.165, 1.54) is 28.9 Å². The predicted molar refractivity (Wildman–Crippen MR) is 99.5 cm³/mol. The van der Waals surface area contributed by atoms with Crippen LogP contribution < -0.4 is 10.6 Å². The van der Waals surface area contributed by atoms with Crippen LogP contribution in [0, 0.1) is 10.1 Å². The normalized spacial score (nSPS) is 15.4. The minimum absolute atomic E-state index is 0.120. The second-order valence-electron chi connectivity index (χ2n) is 6.13. The summed E-state index contributed by atoms with van der Waals surface area (Å²) >= 11 is 0. The smallest absolute Gasteiger partial charge is 0.271 e. The van der Waals surface area contributed by atoms with E-state index in [0.717, 1.165) is 5.56 Å². The summed E-state index contributed by atoms with van der Waals surface area (Å²) in [6, 6.07) is 13.8. The molecule has 0 bridgehead atoms. The van der Waals surface area contributed by atoms with Gasteiger partial charge in [-0.05, 0) is 6.07 Å². The lowest BCUT2D eigenvalue weighted by Gasteiger charge is -2.22. The maximum Gasteiger partial charge on any atom is 0.271 e. The van der Waals surface area contributed by atoms with Gasteiger partial charge in [-0.3, -0.25) is 25.0 Å². The number of carbonyl (C=O) groups excluding carboxylic acids is 2. The number of nitro groups is 1. The number of amides is 2. The zero-order valence-corrected chi connectivity index (χ0v) is 14.4. The van der Waals surface area contributed by atoms with Crippen LogP contribution in [-0.2, 0) is 9.59 Å². The number of nitro benzene ring substituents is 1. The van der Waals surface area contributed by atoms with Gasteiger partial charge in [0.2, 0.25) is 17.8 Å². The number of nitrogens with one attached hydrogen (secondary N) is 2. The zero-order valence-electron chi connectivity index (χ0n) is 14.4. The number of aromatic nitrogens is 3. The highest BCUT2D eigenvalue weighted by Gasteiger charge is 2.33. The zero-order chi connectivity index (χ0) is 19.7. The Morgan fingerprint density at radius 3 is 2.75 bits per heavy atom. The largest absolute Gasteiger partial charge is 0.324 e. The molecule has 0 saturated carbocycles. The van der Waals surface area contributed by atoms with E-state index in [9.17, 15) is 19.7 Å². The molecule has 0 radical (unpaired) electrons. The van der Waals surface area contributed by atoms with Crippen molar-refractivity contribution in [3.8, 4) is 11.4 Å². The average molecular weight is 378 g/mol. The van der Waals surface area contributed by atoms with E-state index in [-0.39, 0.29) is 29.7 Å². The first-order valence-electron chi connectivity index (χ1n) is 8.38. The number of carbonyl (C=O) groups is 2. The van der Waals surface area contributed by atoms with Crippen molar-refractivity contribution in [2.75, 3.05) is 10.6 Å². The monoisotopic (exact) mass is 378 g/mol. The van der Waals surface area contributed by atoms with E-state index >= 15 is 0 Å². The van der Waals surface area contributed by atoms with Crippen molar-refractivity contribution in [1.29, 1.82) is 0 Å². The minimum atomic E-state index is -0.923. The molecule has 0 fully saturated rings. The van der Waals surface area contributed by atoms with Crippen molar-refractivity contribution in [2.45, 2.75) is 12.5 Å². The standard InChI is InChI=1S/C18H14N6O4/c25-15-10-14(17(26)19-12-7-4-8-13(9-12)24(27)28)23-18(20-15)21-16(22-23)11-5-2-1-3-6-11/h1-9,14H,10H2,(H,19,26)(H,20,21,22,25). The molecular formula is C18H14N6O4. The quantitative estimate of drug-likeness (QED) is 0.529. The van der Waals surface area contributed by atoms with Crippen molar-refractivity contribution in [2.24, 2.45) is 0 Å². The van der Waals surface area contributed by atoms with Crippen LogP contribution in [0.2, 0.25) is 0 Å². The average Bonchev–Trinajstić information content (AvgIpc) is 3.12. The van der Waals surface area contributed by atoms with Gasteiger partial charge in [-0.25, -0.2) is 4.68 Å². The molecule has 10 nitrogen and oxygen atoms in total. The highest BCUT2D eigenvalue weighted by Crippen LogP contribution is 2.27. The summed E-state index contributed by atoms with van der Waals surface area (Å²) in [7, 11) is 0. The fraction of sp³-hybridized carbons (Fsp3) is 0.111. The number of non-ortho nitro benzene ring substituents is 1. The van der Waals surface area contributed by atoms with Gasteiger partial charge in [-0.1, -0.05) is 36.4 Å². The Hall–Kier alpha value is -4.08. The van der Waals surface area contributed by atoms with Gasteiger partial charge in [0, 0.05) is 23.4 Å². The first-order valence-corrected chi connectivity index (χ1v) is 8.38. The van der Waals surface area contributed by atoms with Crippen molar-refractivity contribution in [3.05, 3.63) is 64.7 Å². The van der Waals surface area contributed by atoms with Crippen molar-refractivity contribution in [1.82, 2.24) is 14.8 Å². The number of hydrogen-bond donors (Lipinski definition) is 2. The molecular weight excluding hydrogens is 364 g/mol. The number of fused-ring (bicyclic) bond motifs is 1. The third kappa shape index (κ3) is 3.30. The van der Waals surface area contributed by atoms with Gasteiger partial charge < -0.3 is 5.32 Å². The molecule has 0 aliphatic carbocycles. The summed E-state index contributed by atoms with van der Waals surface area (Å²) in [6.45, 7) is 0. The fourth-order valence-corrected chi connectivity index (χ4v) is 2.90. The molecule has 3 aromatic rings. The summed E-state index contributed by atoms with van der Waals surface area (Å²) in [5, 5.41) is 20.5. The molecule has 2 amide bonds. The predicted octanol–water partition coefficient (Wildman–Crippen LogP) is 2.38. The van der Waals surface area contributed by atoms with E-state index < -0.39 is 16.9 Å². The Balaban J connectivity index is 1.63. The first-order chi connectivity index (χ1) is 13.5. The van der Waals surface area contributed by atoms with Gasteiger partial charge >= 0.3 is 0 Å². The van der Waals surface area contributed by atoms with E-state index in [2.05, 4.69) is 20.7 Å². The van der Waals surface area contributed by atoms with Gasteiger partial charge in [0.25, 0.3) is 5.69 Å². The molecule has 1 aromatic heterocycles. The molecule has 0 saturated heterocycles. The van der Waals surface area contributed by atoms with Gasteiger partial charge in [-0.2, -0.15) is 4.98 Å². The van der Waals surface area contributed by atoms with E-state index in [1.54, 1.807) is 0 Å². The van der Waals surface area contributed by atoms with Crippen LogP contribution >= 0.6 is 0 Å². The Morgan fingerprint density at radius 1 is 1.21 bits per heavy atom. The van der Waals surface area contributed by atoms with Gasteiger partial charge in [0.15, 0.2) is 5.82 Å². The van der Waals surface area contributed by atoms with Crippen LogP contribution in [0.4, 0.5) is 17.3 Å². The Kier molecular flexibility index (Phi) is 4.28. The molecule has 1 aliphatic heterocycles. The van der Waals surface area contributed by atoms with Gasteiger partial charge in [0.1, 0.15) is 6.04 Å². The van der Waals surface area contributed by atoms with Gasteiger partial charge in [-0.15, -0.1) is 5.10 Å². The number of benzene rings is 2. The lowest BCUT2D eigenvalue weighted by Crippen LogP contribution is -2.36. The minimum Gasteiger partial charge on any atom is -0.324 e. The van der Waals surface area contributed by atoms with Gasteiger partial charge in [0.05, 0.1) is 11.3 Å². The van der Waals surface area contributed by atoms with E-state index in [4.69, 9.17) is 0 Å². The van der Waals surface area contributed by atoms with Crippen LogP contribution in [0.1, 0.15) is 12.5 Å². The molecule has 2 aromatic carbocycles. The first kappa shape index (κ1) is 17.3. The lowest BCUT2D eigenvalue weighted by atomic mass is 10.1. The maximum atomic E-state index is 12.8. The molecule has 10 heteroatoms. The molecule has 0 spiro atoms. The molecule has 140 valence electrons.